The maximum atomic E-state index is 3.64. The highest BCUT2D eigenvalue weighted by Gasteiger charge is 2.27. The molecule has 1 saturated heterocycles. The van der Waals surface area contributed by atoms with E-state index in [0.29, 0.717) is 6.04 Å². The highest BCUT2D eigenvalue weighted by Crippen LogP contribution is 2.31. The first-order valence-electron chi connectivity index (χ1n) is 7.40. The van der Waals surface area contributed by atoms with Gasteiger partial charge in [0.1, 0.15) is 0 Å². The second-order valence-electron chi connectivity index (χ2n) is 6.90. The zero-order valence-electron chi connectivity index (χ0n) is 13.0. The van der Waals surface area contributed by atoms with Crippen molar-refractivity contribution >= 4 is 11.3 Å². The zero-order chi connectivity index (χ0) is 14.0. The van der Waals surface area contributed by atoms with Gasteiger partial charge in [0.2, 0.25) is 0 Å². The lowest BCUT2D eigenvalue weighted by Crippen LogP contribution is -2.39. The fraction of sp³-hybridized carbons (Fsp3) is 0.750. The lowest BCUT2D eigenvalue weighted by atomic mass is 10.1. The molecule has 1 aromatic rings. The monoisotopic (exact) mass is 280 g/mol. The van der Waals surface area contributed by atoms with Gasteiger partial charge in [0.15, 0.2) is 0 Å². The maximum Gasteiger partial charge on any atom is 0.0413 e. The Hall–Kier alpha value is -0.380. The molecular weight excluding hydrogens is 252 g/mol. The molecule has 108 valence electrons. The molecule has 2 nitrogen and oxygen atoms in total. The number of nitrogens with one attached hydrogen (secondary N) is 1. The van der Waals surface area contributed by atoms with E-state index in [-0.39, 0.29) is 5.54 Å². The molecule has 2 rings (SSSR count). The summed E-state index contributed by atoms with van der Waals surface area (Å²) in [6, 6.07) is 5.12. The standard InChI is InChI=1S/C16H28N2S/c1-12-6-7-15(19-12)13(2)18-9-8-14(11-18)10-17-16(3,4)5/h6-7,13-14,17H,8-11H2,1-5H3. The molecule has 19 heavy (non-hydrogen) atoms. The summed E-state index contributed by atoms with van der Waals surface area (Å²) in [5.41, 5.74) is 0.240. The molecule has 0 aromatic carbocycles. The van der Waals surface area contributed by atoms with Crippen molar-refractivity contribution in [3.63, 3.8) is 0 Å². The Balaban J connectivity index is 1.84. The highest BCUT2D eigenvalue weighted by atomic mass is 32.1. The van der Waals surface area contributed by atoms with Crippen LogP contribution in [0.4, 0.5) is 0 Å². The van der Waals surface area contributed by atoms with Gasteiger partial charge in [0, 0.05) is 27.9 Å². The Labute approximate surface area is 122 Å². The van der Waals surface area contributed by atoms with E-state index in [1.807, 2.05) is 11.3 Å². The number of rotatable bonds is 4. The molecule has 1 fully saturated rings. The van der Waals surface area contributed by atoms with Crippen LogP contribution in [0.1, 0.15) is 49.9 Å². The lowest BCUT2D eigenvalue weighted by molar-refractivity contribution is 0.251. The van der Waals surface area contributed by atoms with Crippen molar-refractivity contribution in [3.05, 3.63) is 21.9 Å². The van der Waals surface area contributed by atoms with Crippen molar-refractivity contribution in [1.82, 2.24) is 10.2 Å². The first kappa shape index (κ1) is 15.0. The fourth-order valence-electron chi connectivity index (χ4n) is 2.69. The van der Waals surface area contributed by atoms with Gasteiger partial charge in [0.25, 0.3) is 0 Å². The second-order valence-corrected chi connectivity index (χ2v) is 8.22. The molecule has 1 aliphatic rings. The molecule has 0 radical (unpaired) electrons. The molecule has 0 saturated carbocycles. The normalized spacial score (nSPS) is 22.9. The number of hydrogen-bond acceptors (Lipinski definition) is 3. The van der Waals surface area contributed by atoms with Crippen LogP contribution in [-0.4, -0.2) is 30.1 Å². The number of likely N-dealkylation sites (tertiary alicyclic amines) is 1. The molecule has 1 N–H and O–H groups in total. The van der Waals surface area contributed by atoms with Crippen LogP contribution < -0.4 is 5.32 Å². The third-order valence-electron chi connectivity index (χ3n) is 3.96. The van der Waals surface area contributed by atoms with Crippen LogP contribution in [0.5, 0.6) is 0 Å². The van der Waals surface area contributed by atoms with Crippen molar-refractivity contribution in [2.45, 2.75) is 52.6 Å². The predicted molar refractivity (Wildman–Crippen MR) is 84.9 cm³/mol. The van der Waals surface area contributed by atoms with Crippen molar-refractivity contribution in [2.75, 3.05) is 19.6 Å². The Kier molecular flexibility index (Phi) is 4.70. The molecule has 0 bridgehead atoms. The van der Waals surface area contributed by atoms with Crippen molar-refractivity contribution in [2.24, 2.45) is 5.92 Å². The Morgan fingerprint density at radius 2 is 2.16 bits per heavy atom. The third kappa shape index (κ3) is 4.30. The molecule has 2 heterocycles. The minimum absolute atomic E-state index is 0.240. The van der Waals surface area contributed by atoms with Crippen LogP contribution in [0.2, 0.25) is 0 Å². The summed E-state index contributed by atoms with van der Waals surface area (Å²) in [5.74, 6) is 0.808. The fourth-order valence-corrected chi connectivity index (χ4v) is 3.65. The average molecular weight is 280 g/mol. The summed E-state index contributed by atoms with van der Waals surface area (Å²) >= 11 is 1.94. The van der Waals surface area contributed by atoms with E-state index in [4.69, 9.17) is 0 Å². The first-order chi connectivity index (χ1) is 8.85. The van der Waals surface area contributed by atoms with Gasteiger partial charge in [-0.15, -0.1) is 11.3 Å². The summed E-state index contributed by atoms with van der Waals surface area (Å²) in [4.78, 5) is 5.58. The van der Waals surface area contributed by atoms with Gasteiger partial charge < -0.3 is 5.32 Å². The summed E-state index contributed by atoms with van der Waals surface area (Å²) in [6.07, 6.45) is 1.33. The molecule has 2 unspecified atom stereocenters. The van der Waals surface area contributed by atoms with Gasteiger partial charge in [-0.1, -0.05) is 0 Å². The Morgan fingerprint density at radius 1 is 1.42 bits per heavy atom. The van der Waals surface area contributed by atoms with Gasteiger partial charge in [-0.3, -0.25) is 4.90 Å². The van der Waals surface area contributed by atoms with E-state index in [1.165, 1.54) is 29.3 Å². The highest BCUT2D eigenvalue weighted by molar-refractivity contribution is 7.12. The van der Waals surface area contributed by atoms with E-state index in [9.17, 15) is 0 Å². The van der Waals surface area contributed by atoms with Gasteiger partial charge in [-0.05, 0) is 72.2 Å². The Morgan fingerprint density at radius 3 is 2.74 bits per heavy atom. The van der Waals surface area contributed by atoms with E-state index >= 15 is 0 Å². The number of aryl methyl sites for hydroxylation is 1. The van der Waals surface area contributed by atoms with E-state index in [2.05, 4.69) is 57.0 Å². The van der Waals surface area contributed by atoms with E-state index in [1.54, 1.807) is 0 Å². The quantitative estimate of drug-likeness (QED) is 0.902. The summed E-state index contributed by atoms with van der Waals surface area (Å²) in [5, 5.41) is 3.64. The third-order valence-corrected chi connectivity index (χ3v) is 5.13. The molecule has 1 aliphatic heterocycles. The van der Waals surface area contributed by atoms with Gasteiger partial charge >= 0.3 is 0 Å². The smallest absolute Gasteiger partial charge is 0.0413 e. The lowest BCUT2D eigenvalue weighted by Gasteiger charge is -2.25. The molecule has 2 atom stereocenters. The minimum atomic E-state index is 0.240. The molecule has 1 aromatic heterocycles. The number of hydrogen-bond donors (Lipinski definition) is 1. The molecular formula is C16H28N2S. The second kappa shape index (κ2) is 5.94. The average Bonchev–Trinajstić information content (AvgIpc) is 2.93. The summed E-state index contributed by atoms with van der Waals surface area (Å²) < 4.78 is 0. The number of thiophene rings is 1. The maximum absolute atomic E-state index is 3.64. The SMILES string of the molecule is Cc1ccc(C(C)N2CCC(CNC(C)(C)C)C2)s1. The van der Waals surface area contributed by atoms with Crippen LogP contribution in [0, 0.1) is 12.8 Å². The van der Waals surface area contributed by atoms with Gasteiger partial charge in [-0.2, -0.15) is 0 Å². The van der Waals surface area contributed by atoms with Crippen LogP contribution in [-0.2, 0) is 0 Å². The summed E-state index contributed by atoms with van der Waals surface area (Å²) in [6.45, 7) is 14.9. The first-order valence-corrected chi connectivity index (χ1v) is 8.22. The minimum Gasteiger partial charge on any atom is -0.312 e. The number of nitrogens with zero attached hydrogens (tertiary/aromatic N) is 1. The van der Waals surface area contributed by atoms with Crippen LogP contribution in [0.15, 0.2) is 12.1 Å². The zero-order valence-corrected chi connectivity index (χ0v) is 13.8. The van der Waals surface area contributed by atoms with E-state index < -0.39 is 0 Å². The van der Waals surface area contributed by atoms with Crippen LogP contribution >= 0.6 is 11.3 Å². The van der Waals surface area contributed by atoms with Crippen molar-refractivity contribution < 1.29 is 0 Å². The largest absolute Gasteiger partial charge is 0.312 e. The van der Waals surface area contributed by atoms with Gasteiger partial charge in [-0.25, -0.2) is 0 Å². The van der Waals surface area contributed by atoms with Crippen molar-refractivity contribution in [3.8, 4) is 0 Å². The van der Waals surface area contributed by atoms with Crippen molar-refractivity contribution in [1.29, 1.82) is 0 Å². The topological polar surface area (TPSA) is 15.3 Å². The van der Waals surface area contributed by atoms with Crippen LogP contribution in [0.3, 0.4) is 0 Å². The molecule has 0 spiro atoms. The molecule has 0 aliphatic carbocycles. The van der Waals surface area contributed by atoms with Gasteiger partial charge in [0.05, 0.1) is 0 Å². The summed E-state index contributed by atoms with van der Waals surface area (Å²) in [7, 11) is 0. The Bertz CT molecular complexity index is 405. The van der Waals surface area contributed by atoms with E-state index in [0.717, 1.165) is 12.5 Å². The predicted octanol–water partition coefficient (Wildman–Crippen LogP) is 3.83. The molecule has 0 amide bonds. The van der Waals surface area contributed by atoms with Crippen LogP contribution in [0.25, 0.3) is 0 Å². The molecule has 3 heteroatoms.